The smallest absolute Gasteiger partial charge is 0.326 e. The first kappa shape index (κ1) is 31.0. The van der Waals surface area contributed by atoms with Crippen molar-refractivity contribution in [1.29, 1.82) is 0 Å². The Balaban J connectivity index is 5.09. The first-order valence-corrected chi connectivity index (χ1v) is 10.8. The zero-order chi connectivity index (χ0) is 27.1. The van der Waals surface area contributed by atoms with Crippen molar-refractivity contribution in [2.75, 3.05) is 6.54 Å². The van der Waals surface area contributed by atoms with E-state index in [4.69, 9.17) is 28.7 Å². The molecule has 5 amide bonds. The van der Waals surface area contributed by atoms with Gasteiger partial charge in [-0.1, -0.05) is 0 Å². The first-order valence-electron chi connectivity index (χ1n) is 10.8. The summed E-state index contributed by atoms with van der Waals surface area (Å²) in [5, 5.41) is 16.2. The minimum atomic E-state index is -1.46. The van der Waals surface area contributed by atoms with Gasteiger partial charge in [-0.25, -0.2) is 4.79 Å². The van der Waals surface area contributed by atoms with Crippen LogP contribution in [-0.4, -0.2) is 77.3 Å². The van der Waals surface area contributed by atoms with Crippen molar-refractivity contribution in [3.8, 4) is 0 Å². The second-order valence-corrected chi connectivity index (χ2v) is 7.76. The number of primary amides is 2. The van der Waals surface area contributed by atoms with Gasteiger partial charge in [-0.3, -0.25) is 29.0 Å². The predicted octanol–water partition coefficient (Wildman–Crippen LogP) is -4.54. The summed E-state index contributed by atoms with van der Waals surface area (Å²) in [5.41, 5.74) is 26.3. The maximum absolute atomic E-state index is 12.6. The summed E-state index contributed by atoms with van der Waals surface area (Å²) in [4.78, 5) is 74.6. The number of carboxylic acid groups (broad SMARTS) is 1. The maximum atomic E-state index is 12.6. The summed E-state index contributed by atoms with van der Waals surface area (Å²) in [6.07, 6.45) is -0.449. The number of carbonyl (C=O) groups excluding carboxylic acids is 5. The van der Waals surface area contributed by atoms with Gasteiger partial charge in [0.15, 0.2) is 5.96 Å². The SMILES string of the molecule is CC(NC(=O)C(N)CCCN=C(N)N)C(=O)NC(CCC(N)=O)C(=O)NC(CCC(N)=O)C(=O)O. The van der Waals surface area contributed by atoms with Crippen molar-refractivity contribution < 1.29 is 33.9 Å². The number of carbonyl (C=O) groups is 6. The monoisotopic (exact) mass is 501 g/mol. The van der Waals surface area contributed by atoms with Crippen LogP contribution >= 0.6 is 0 Å². The van der Waals surface area contributed by atoms with E-state index in [9.17, 15) is 33.9 Å². The number of rotatable bonds is 17. The molecule has 0 heterocycles. The largest absolute Gasteiger partial charge is 0.480 e. The fraction of sp³-hybridized carbons (Fsp3) is 0.632. The van der Waals surface area contributed by atoms with Crippen LogP contribution in [0.15, 0.2) is 4.99 Å². The number of guanidine groups is 1. The quantitative estimate of drug-likeness (QED) is 0.0522. The summed E-state index contributed by atoms with van der Waals surface area (Å²) in [7, 11) is 0. The highest BCUT2D eigenvalue weighted by Crippen LogP contribution is 2.04. The normalized spacial score (nSPS) is 13.9. The molecule has 14 N–H and O–H groups in total. The Morgan fingerprint density at radius 3 is 1.77 bits per heavy atom. The topological polar surface area (TPSA) is 301 Å². The van der Waals surface area contributed by atoms with E-state index in [1.54, 1.807) is 0 Å². The Labute approximate surface area is 201 Å². The molecular weight excluding hydrogens is 466 g/mol. The molecule has 0 radical (unpaired) electrons. The number of aliphatic carboxylic acids is 1. The third kappa shape index (κ3) is 14.0. The molecule has 198 valence electrons. The lowest BCUT2D eigenvalue weighted by Gasteiger charge is -2.23. The molecule has 0 bridgehead atoms. The van der Waals surface area contributed by atoms with E-state index in [1.807, 2.05) is 0 Å². The number of aliphatic imine (C=N–C) groups is 1. The Morgan fingerprint density at radius 2 is 1.29 bits per heavy atom. The van der Waals surface area contributed by atoms with Gasteiger partial charge in [0.25, 0.3) is 0 Å². The van der Waals surface area contributed by atoms with E-state index in [1.165, 1.54) is 6.92 Å². The Kier molecular flexibility index (Phi) is 14.0. The number of amides is 5. The molecule has 0 spiro atoms. The van der Waals surface area contributed by atoms with E-state index in [0.717, 1.165) is 0 Å². The van der Waals surface area contributed by atoms with Gasteiger partial charge in [-0.05, 0) is 32.6 Å². The van der Waals surface area contributed by atoms with Crippen molar-refractivity contribution in [2.24, 2.45) is 33.7 Å². The lowest BCUT2D eigenvalue weighted by molar-refractivity contribution is -0.142. The molecule has 0 saturated carbocycles. The molecule has 0 aliphatic heterocycles. The van der Waals surface area contributed by atoms with Gasteiger partial charge in [0, 0.05) is 19.4 Å². The predicted molar refractivity (Wildman–Crippen MR) is 124 cm³/mol. The van der Waals surface area contributed by atoms with Crippen LogP contribution in [-0.2, 0) is 28.8 Å². The maximum Gasteiger partial charge on any atom is 0.326 e. The fourth-order valence-electron chi connectivity index (χ4n) is 2.70. The van der Waals surface area contributed by atoms with Crippen LogP contribution in [0, 0.1) is 0 Å². The van der Waals surface area contributed by atoms with Gasteiger partial charge in [0.2, 0.25) is 29.5 Å². The molecular formula is C19H35N9O7. The fourth-order valence-corrected chi connectivity index (χ4v) is 2.70. The number of nitrogens with one attached hydrogen (secondary N) is 3. The van der Waals surface area contributed by atoms with Gasteiger partial charge in [-0.15, -0.1) is 0 Å². The van der Waals surface area contributed by atoms with E-state index < -0.39 is 59.7 Å². The van der Waals surface area contributed by atoms with E-state index in [0.29, 0.717) is 6.42 Å². The summed E-state index contributed by atoms with van der Waals surface area (Å²) in [6.45, 7) is 1.61. The van der Waals surface area contributed by atoms with E-state index in [-0.39, 0.29) is 44.6 Å². The molecule has 0 rings (SSSR count). The molecule has 0 aromatic heterocycles. The molecule has 16 heteroatoms. The van der Waals surface area contributed by atoms with Gasteiger partial charge in [0.05, 0.1) is 6.04 Å². The van der Waals surface area contributed by atoms with Crippen LogP contribution in [0.4, 0.5) is 0 Å². The van der Waals surface area contributed by atoms with Crippen LogP contribution < -0.4 is 44.6 Å². The average molecular weight is 502 g/mol. The van der Waals surface area contributed by atoms with Crippen molar-refractivity contribution in [2.45, 2.75) is 69.6 Å². The lowest BCUT2D eigenvalue weighted by atomic mass is 10.1. The first-order chi connectivity index (χ1) is 16.2. The average Bonchev–Trinajstić information content (AvgIpc) is 2.75. The molecule has 4 atom stereocenters. The lowest BCUT2D eigenvalue weighted by Crippen LogP contribution is -2.56. The zero-order valence-corrected chi connectivity index (χ0v) is 19.5. The summed E-state index contributed by atoms with van der Waals surface area (Å²) < 4.78 is 0. The second kappa shape index (κ2) is 15.8. The third-order valence-electron chi connectivity index (χ3n) is 4.66. The van der Waals surface area contributed by atoms with Crippen molar-refractivity contribution in [3.05, 3.63) is 0 Å². The number of nitrogens with two attached hydrogens (primary N) is 5. The molecule has 4 unspecified atom stereocenters. The van der Waals surface area contributed by atoms with Crippen molar-refractivity contribution >= 4 is 41.5 Å². The zero-order valence-electron chi connectivity index (χ0n) is 19.5. The summed E-state index contributed by atoms with van der Waals surface area (Å²) in [5.74, 6) is -5.38. The Bertz CT molecular complexity index is 814. The number of nitrogens with zero attached hydrogens (tertiary/aromatic N) is 1. The van der Waals surface area contributed by atoms with Crippen LogP contribution in [0.3, 0.4) is 0 Å². The van der Waals surface area contributed by atoms with Crippen LogP contribution in [0.1, 0.15) is 45.4 Å². The molecule has 0 aliphatic rings. The Morgan fingerprint density at radius 1 is 0.771 bits per heavy atom. The van der Waals surface area contributed by atoms with Crippen molar-refractivity contribution in [3.63, 3.8) is 0 Å². The number of hydrogen-bond acceptors (Lipinski definition) is 8. The molecule has 0 aromatic carbocycles. The highest BCUT2D eigenvalue weighted by molar-refractivity contribution is 5.94. The van der Waals surface area contributed by atoms with Gasteiger partial charge in [0.1, 0.15) is 18.1 Å². The summed E-state index contributed by atoms with van der Waals surface area (Å²) >= 11 is 0. The second-order valence-electron chi connectivity index (χ2n) is 7.76. The molecule has 0 saturated heterocycles. The van der Waals surface area contributed by atoms with Crippen LogP contribution in [0.25, 0.3) is 0 Å². The number of hydrogen-bond donors (Lipinski definition) is 9. The highest BCUT2D eigenvalue weighted by Gasteiger charge is 2.29. The van der Waals surface area contributed by atoms with Gasteiger partial charge in [-0.2, -0.15) is 0 Å². The Hall–Kier alpha value is -3.95. The van der Waals surface area contributed by atoms with Crippen molar-refractivity contribution in [1.82, 2.24) is 16.0 Å². The van der Waals surface area contributed by atoms with Crippen LogP contribution in [0.2, 0.25) is 0 Å². The third-order valence-corrected chi connectivity index (χ3v) is 4.66. The number of carboxylic acids is 1. The highest BCUT2D eigenvalue weighted by atomic mass is 16.4. The molecule has 0 aromatic rings. The minimum absolute atomic E-state index is 0.0919. The van der Waals surface area contributed by atoms with Gasteiger partial charge < -0.3 is 49.7 Å². The van der Waals surface area contributed by atoms with Crippen LogP contribution in [0.5, 0.6) is 0 Å². The van der Waals surface area contributed by atoms with E-state index >= 15 is 0 Å². The van der Waals surface area contributed by atoms with Gasteiger partial charge >= 0.3 is 5.97 Å². The molecule has 0 fully saturated rings. The standard InChI is InChI=1S/C19H35N9O7/c1-9(26-16(32)10(20)3-2-8-25-19(23)24)15(31)27-11(4-6-13(21)29)17(33)28-12(18(34)35)5-7-14(22)30/h9-12H,2-8,20H2,1H3,(H2,21,29)(H2,22,30)(H,26,32)(H,27,31)(H,28,33)(H,34,35)(H4,23,24,25). The minimum Gasteiger partial charge on any atom is -0.480 e. The molecule has 16 nitrogen and oxygen atoms in total. The summed E-state index contributed by atoms with van der Waals surface area (Å²) in [6, 6.07) is -4.88. The molecule has 35 heavy (non-hydrogen) atoms. The molecule has 0 aliphatic carbocycles. The van der Waals surface area contributed by atoms with E-state index in [2.05, 4.69) is 20.9 Å².